The fourth-order valence-corrected chi connectivity index (χ4v) is 2.46. The molecule has 0 radical (unpaired) electrons. The van der Waals surface area contributed by atoms with Gasteiger partial charge in [0, 0.05) is 24.0 Å². The molecule has 0 atom stereocenters. The molecule has 0 unspecified atom stereocenters. The van der Waals surface area contributed by atoms with Gasteiger partial charge in [0.25, 0.3) is 0 Å². The van der Waals surface area contributed by atoms with E-state index in [0.717, 1.165) is 11.1 Å². The third kappa shape index (κ3) is 5.23. The van der Waals surface area contributed by atoms with Crippen LogP contribution in [0.1, 0.15) is 24.0 Å². The Labute approximate surface area is 159 Å². The molecule has 0 amide bonds. The standard InChI is InChI=1S/C23H20O4/c1-26-21(24)23(22(25)27-2,17-9-15-19-11-5-3-6-12-19)18-10-16-20-13-7-4-8-14-20/h3-8,11-14H,17-18H2,1-2H3. The molecule has 0 aliphatic rings. The van der Waals surface area contributed by atoms with E-state index in [1.54, 1.807) is 0 Å². The number of carbonyl (C=O) groups excluding carboxylic acids is 2. The van der Waals surface area contributed by atoms with Gasteiger partial charge in [-0.2, -0.15) is 0 Å². The van der Waals surface area contributed by atoms with Gasteiger partial charge in [0.1, 0.15) is 0 Å². The second-order valence-electron chi connectivity index (χ2n) is 5.75. The molecule has 0 aromatic heterocycles. The SMILES string of the molecule is COC(=O)C(CC#Cc1ccccc1)(CC#Cc1ccccc1)C(=O)OC. The molecule has 2 aromatic carbocycles. The van der Waals surface area contributed by atoms with Crippen LogP contribution in [-0.2, 0) is 19.1 Å². The maximum absolute atomic E-state index is 12.5. The molecule has 2 rings (SSSR count). The summed E-state index contributed by atoms with van der Waals surface area (Å²) < 4.78 is 9.74. The highest BCUT2D eigenvalue weighted by atomic mass is 16.5. The van der Waals surface area contributed by atoms with Crippen LogP contribution in [0.5, 0.6) is 0 Å². The van der Waals surface area contributed by atoms with Crippen molar-refractivity contribution in [1.82, 2.24) is 0 Å². The minimum atomic E-state index is -1.59. The van der Waals surface area contributed by atoms with Crippen LogP contribution in [0.15, 0.2) is 60.7 Å². The average molecular weight is 360 g/mol. The quantitative estimate of drug-likeness (QED) is 0.477. The topological polar surface area (TPSA) is 52.6 Å². The minimum Gasteiger partial charge on any atom is -0.468 e. The molecule has 136 valence electrons. The second kappa shape index (κ2) is 9.85. The normalized spacial score (nSPS) is 9.85. The minimum absolute atomic E-state index is 0.0509. The van der Waals surface area contributed by atoms with E-state index in [4.69, 9.17) is 9.47 Å². The molecule has 0 fully saturated rings. The van der Waals surface area contributed by atoms with Crippen molar-refractivity contribution in [2.24, 2.45) is 5.41 Å². The first-order valence-electron chi connectivity index (χ1n) is 8.37. The summed E-state index contributed by atoms with van der Waals surface area (Å²) in [6.45, 7) is 0. The molecule has 0 spiro atoms. The van der Waals surface area contributed by atoms with Crippen LogP contribution in [0.3, 0.4) is 0 Å². The summed E-state index contributed by atoms with van der Waals surface area (Å²) >= 11 is 0. The largest absolute Gasteiger partial charge is 0.468 e. The second-order valence-corrected chi connectivity index (χ2v) is 5.75. The van der Waals surface area contributed by atoms with Crippen LogP contribution >= 0.6 is 0 Å². The highest BCUT2D eigenvalue weighted by Gasteiger charge is 2.47. The molecular formula is C23H20O4. The third-order valence-corrected chi connectivity index (χ3v) is 3.95. The van der Waals surface area contributed by atoms with Crippen molar-refractivity contribution >= 4 is 11.9 Å². The molecule has 0 aliphatic carbocycles. The van der Waals surface area contributed by atoms with E-state index in [1.165, 1.54) is 14.2 Å². The molecule has 0 N–H and O–H groups in total. The predicted octanol–water partition coefficient (Wildman–Crippen LogP) is 3.20. The Morgan fingerprint density at radius 1 is 0.741 bits per heavy atom. The molecular weight excluding hydrogens is 340 g/mol. The van der Waals surface area contributed by atoms with E-state index in [9.17, 15) is 9.59 Å². The molecule has 4 nitrogen and oxygen atoms in total. The van der Waals surface area contributed by atoms with Crippen LogP contribution in [0, 0.1) is 29.1 Å². The van der Waals surface area contributed by atoms with Crippen molar-refractivity contribution in [2.75, 3.05) is 14.2 Å². The van der Waals surface area contributed by atoms with E-state index in [-0.39, 0.29) is 12.8 Å². The lowest BCUT2D eigenvalue weighted by Gasteiger charge is -2.23. The third-order valence-electron chi connectivity index (χ3n) is 3.95. The van der Waals surface area contributed by atoms with E-state index >= 15 is 0 Å². The molecule has 0 saturated carbocycles. The van der Waals surface area contributed by atoms with Crippen molar-refractivity contribution in [3.8, 4) is 23.7 Å². The number of benzene rings is 2. The Balaban J connectivity index is 2.32. The van der Waals surface area contributed by atoms with Crippen molar-refractivity contribution in [2.45, 2.75) is 12.8 Å². The Kier molecular flexibility index (Phi) is 7.23. The van der Waals surface area contributed by atoms with Gasteiger partial charge in [-0.3, -0.25) is 9.59 Å². The van der Waals surface area contributed by atoms with Gasteiger partial charge in [-0.05, 0) is 24.3 Å². The van der Waals surface area contributed by atoms with E-state index in [0.29, 0.717) is 0 Å². The smallest absolute Gasteiger partial charge is 0.325 e. The Morgan fingerprint density at radius 3 is 1.44 bits per heavy atom. The molecule has 0 aliphatic heterocycles. The number of esters is 2. The first-order chi connectivity index (χ1) is 13.1. The number of hydrogen-bond donors (Lipinski definition) is 0. The van der Waals surface area contributed by atoms with Gasteiger partial charge < -0.3 is 9.47 Å². The maximum atomic E-state index is 12.5. The number of rotatable bonds is 4. The van der Waals surface area contributed by atoms with Crippen LogP contribution in [0.2, 0.25) is 0 Å². The molecule has 27 heavy (non-hydrogen) atoms. The van der Waals surface area contributed by atoms with Crippen LogP contribution in [0.25, 0.3) is 0 Å². The fourth-order valence-electron chi connectivity index (χ4n) is 2.46. The summed E-state index contributed by atoms with van der Waals surface area (Å²) in [5, 5.41) is 0. The summed E-state index contributed by atoms with van der Waals surface area (Å²) in [7, 11) is 2.46. The monoisotopic (exact) mass is 360 g/mol. The zero-order valence-electron chi connectivity index (χ0n) is 15.3. The first-order valence-corrected chi connectivity index (χ1v) is 8.37. The molecule has 2 aromatic rings. The fraction of sp³-hybridized carbons (Fsp3) is 0.217. The summed E-state index contributed by atoms with van der Waals surface area (Å²) in [5.41, 5.74) is -0.0134. The van der Waals surface area contributed by atoms with E-state index < -0.39 is 17.4 Å². The lowest BCUT2D eigenvalue weighted by Crippen LogP contribution is -2.40. The van der Waals surface area contributed by atoms with Gasteiger partial charge in [0.15, 0.2) is 5.41 Å². The molecule has 4 heteroatoms. The highest BCUT2D eigenvalue weighted by molar-refractivity contribution is 6.00. The molecule has 0 bridgehead atoms. The van der Waals surface area contributed by atoms with E-state index in [1.807, 2.05) is 60.7 Å². The van der Waals surface area contributed by atoms with Gasteiger partial charge in [-0.25, -0.2) is 0 Å². The van der Waals surface area contributed by atoms with Crippen molar-refractivity contribution in [3.63, 3.8) is 0 Å². The Bertz CT molecular complexity index is 816. The summed E-state index contributed by atoms with van der Waals surface area (Å²) in [6.07, 6.45) is -0.102. The van der Waals surface area contributed by atoms with Crippen molar-refractivity contribution in [1.29, 1.82) is 0 Å². The highest BCUT2D eigenvalue weighted by Crippen LogP contribution is 2.30. The van der Waals surface area contributed by atoms with Gasteiger partial charge in [0.2, 0.25) is 0 Å². The zero-order chi connectivity index (χ0) is 19.5. The lowest BCUT2D eigenvalue weighted by molar-refractivity contribution is -0.168. The maximum Gasteiger partial charge on any atom is 0.325 e. The van der Waals surface area contributed by atoms with Gasteiger partial charge in [0.05, 0.1) is 14.2 Å². The number of hydrogen-bond acceptors (Lipinski definition) is 4. The number of ether oxygens (including phenoxy) is 2. The van der Waals surface area contributed by atoms with Gasteiger partial charge in [-0.1, -0.05) is 60.1 Å². The molecule has 0 saturated heterocycles. The van der Waals surface area contributed by atoms with Crippen LogP contribution in [0.4, 0.5) is 0 Å². The number of methoxy groups -OCH3 is 2. The van der Waals surface area contributed by atoms with Gasteiger partial charge >= 0.3 is 11.9 Å². The Morgan fingerprint density at radius 2 is 1.11 bits per heavy atom. The first kappa shape index (κ1) is 19.8. The average Bonchev–Trinajstić information content (AvgIpc) is 2.73. The summed E-state index contributed by atoms with van der Waals surface area (Å²) in [5.74, 6) is 10.3. The van der Waals surface area contributed by atoms with Gasteiger partial charge in [-0.15, -0.1) is 0 Å². The lowest BCUT2D eigenvalue weighted by atomic mass is 9.81. The van der Waals surface area contributed by atoms with Crippen molar-refractivity contribution in [3.05, 3.63) is 71.8 Å². The van der Waals surface area contributed by atoms with Crippen LogP contribution < -0.4 is 0 Å². The van der Waals surface area contributed by atoms with E-state index in [2.05, 4.69) is 23.7 Å². The number of carbonyl (C=O) groups is 2. The van der Waals surface area contributed by atoms with Crippen molar-refractivity contribution < 1.29 is 19.1 Å². The van der Waals surface area contributed by atoms with Crippen LogP contribution in [-0.4, -0.2) is 26.2 Å². The summed E-state index contributed by atoms with van der Waals surface area (Å²) in [6, 6.07) is 18.6. The molecule has 0 heterocycles. The Hall–Kier alpha value is -3.50. The predicted molar refractivity (Wildman–Crippen MR) is 102 cm³/mol. The summed E-state index contributed by atoms with van der Waals surface area (Å²) in [4.78, 5) is 24.9. The zero-order valence-corrected chi connectivity index (χ0v) is 15.3.